The number of hydrogen-bond acceptors (Lipinski definition) is 1. The van der Waals surface area contributed by atoms with Crippen molar-refractivity contribution in [1.29, 1.82) is 0 Å². The lowest BCUT2D eigenvalue weighted by Crippen LogP contribution is -2.23. The molecular weight excluding hydrogens is 289 g/mol. The van der Waals surface area contributed by atoms with Crippen LogP contribution in [0.4, 0.5) is 0 Å². The Kier molecular flexibility index (Phi) is 5.47. The zero-order chi connectivity index (χ0) is 14.5. The van der Waals surface area contributed by atoms with Gasteiger partial charge in [-0.25, -0.2) is 0 Å². The first-order valence-corrected chi connectivity index (χ1v) is 7.62. The molecule has 0 saturated heterocycles. The predicted molar refractivity (Wildman–Crippen MR) is 87.8 cm³/mol. The van der Waals surface area contributed by atoms with Gasteiger partial charge >= 0.3 is 0 Å². The largest absolute Gasteiger partial charge is 0.306 e. The quantitative estimate of drug-likeness (QED) is 0.780. The van der Waals surface area contributed by atoms with Gasteiger partial charge in [-0.1, -0.05) is 60.0 Å². The number of benzene rings is 2. The molecule has 0 amide bonds. The maximum Gasteiger partial charge on any atom is 0.0592 e. The second kappa shape index (κ2) is 7.12. The first kappa shape index (κ1) is 15.4. The van der Waals surface area contributed by atoms with Gasteiger partial charge in [0.15, 0.2) is 0 Å². The molecule has 0 spiro atoms. The SMILES string of the molecule is CCCNC(c1ccc(C)cc1)c1cc(Cl)ccc1Cl. The Morgan fingerprint density at radius 1 is 1.05 bits per heavy atom. The Labute approximate surface area is 130 Å². The van der Waals surface area contributed by atoms with Gasteiger partial charge in [-0.05, 0) is 49.2 Å². The van der Waals surface area contributed by atoms with Gasteiger partial charge < -0.3 is 5.32 Å². The zero-order valence-electron chi connectivity index (χ0n) is 11.8. The molecule has 20 heavy (non-hydrogen) atoms. The molecule has 1 nitrogen and oxygen atoms in total. The molecule has 2 aromatic carbocycles. The van der Waals surface area contributed by atoms with Crippen LogP contribution in [0.5, 0.6) is 0 Å². The molecule has 0 fully saturated rings. The Morgan fingerprint density at radius 2 is 1.75 bits per heavy atom. The number of rotatable bonds is 5. The third-order valence-corrected chi connectivity index (χ3v) is 3.86. The van der Waals surface area contributed by atoms with Crippen molar-refractivity contribution >= 4 is 23.2 Å². The van der Waals surface area contributed by atoms with E-state index in [0.29, 0.717) is 5.02 Å². The summed E-state index contributed by atoms with van der Waals surface area (Å²) in [6, 6.07) is 14.2. The highest BCUT2D eigenvalue weighted by atomic mass is 35.5. The van der Waals surface area contributed by atoms with Gasteiger partial charge in [0.25, 0.3) is 0 Å². The molecule has 0 aliphatic rings. The lowest BCUT2D eigenvalue weighted by Gasteiger charge is -2.21. The zero-order valence-corrected chi connectivity index (χ0v) is 13.3. The molecule has 106 valence electrons. The van der Waals surface area contributed by atoms with Crippen LogP contribution in [-0.4, -0.2) is 6.54 Å². The van der Waals surface area contributed by atoms with Crippen LogP contribution in [0.3, 0.4) is 0 Å². The average Bonchev–Trinajstić information content (AvgIpc) is 2.44. The topological polar surface area (TPSA) is 12.0 Å². The number of hydrogen-bond donors (Lipinski definition) is 1. The highest BCUT2D eigenvalue weighted by Crippen LogP contribution is 2.30. The minimum absolute atomic E-state index is 0.0711. The van der Waals surface area contributed by atoms with E-state index in [4.69, 9.17) is 23.2 Å². The number of aryl methyl sites for hydroxylation is 1. The van der Waals surface area contributed by atoms with E-state index < -0.39 is 0 Å². The van der Waals surface area contributed by atoms with Gasteiger partial charge in [0.05, 0.1) is 6.04 Å². The van der Waals surface area contributed by atoms with Crippen LogP contribution in [0, 0.1) is 6.92 Å². The van der Waals surface area contributed by atoms with E-state index in [-0.39, 0.29) is 6.04 Å². The van der Waals surface area contributed by atoms with Crippen LogP contribution < -0.4 is 5.32 Å². The first-order valence-electron chi connectivity index (χ1n) is 6.86. The molecule has 0 heterocycles. The van der Waals surface area contributed by atoms with Crippen LogP contribution in [0.25, 0.3) is 0 Å². The van der Waals surface area contributed by atoms with E-state index in [1.165, 1.54) is 11.1 Å². The fourth-order valence-corrected chi connectivity index (χ4v) is 2.60. The summed E-state index contributed by atoms with van der Waals surface area (Å²) < 4.78 is 0. The van der Waals surface area contributed by atoms with E-state index >= 15 is 0 Å². The minimum atomic E-state index is 0.0711. The van der Waals surface area contributed by atoms with Crippen molar-refractivity contribution < 1.29 is 0 Å². The molecule has 3 heteroatoms. The van der Waals surface area contributed by atoms with Crippen LogP contribution in [0.2, 0.25) is 10.0 Å². The van der Waals surface area contributed by atoms with Crippen molar-refractivity contribution in [2.45, 2.75) is 26.3 Å². The van der Waals surface area contributed by atoms with Crippen molar-refractivity contribution in [3.05, 3.63) is 69.2 Å². The van der Waals surface area contributed by atoms with Crippen molar-refractivity contribution in [1.82, 2.24) is 5.32 Å². The predicted octanol–water partition coefficient (Wildman–Crippen LogP) is 5.39. The Morgan fingerprint density at radius 3 is 2.40 bits per heavy atom. The van der Waals surface area contributed by atoms with Gasteiger partial charge in [-0.2, -0.15) is 0 Å². The second-order valence-corrected chi connectivity index (χ2v) is 5.81. The summed E-state index contributed by atoms with van der Waals surface area (Å²) in [5, 5.41) is 4.99. The van der Waals surface area contributed by atoms with E-state index in [1.54, 1.807) is 0 Å². The molecule has 0 aliphatic heterocycles. The highest BCUT2D eigenvalue weighted by molar-refractivity contribution is 6.33. The number of halogens is 2. The van der Waals surface area contributed by atoms with Gasteiger partial charge in [0.1, 0.15) is 0 Å². The molecule has 0 bridgehead atoms. The van der Waals surface area contributed by atoms with Crippen LogP contribution >= 0.6 is 23.2 Å². The van der Waals surface area contributed by atoms with Gasteiger partial charge in [0.2, 0.25) is 0 Å². The molecule has 2 rings (SSSR count). The summed E-state index contributed by atoms with van der Waals surface area (Å²) in [7, 11) is 0. The summed E-state index contributed by atoms with van der Waals surface area (Å²) in [5.41, 5.74) is 3.48. The Hall–Kier alpha value is -1.02. The molecule has 0 aromatic heterocycles. The third kappa shape index (κ3) is 3.76. The standard InChI is InChI=1S/C17H19Cl2N/c1-3-10-20-17(13-6-4-12(2)5-7-13)15-11-14(18)8-9-16(15)19/h4-9,11,17,20H,3,10H2,1-2H3. The third-order valence-electron chi connectivity index (χ3n) is 3.28. The second-order valence-electron chi connectivity index (χ2n) is 4.96. The van der Waals surface area contributed by atoms with Gasteiger partial charge in [-0.15, -0.1) is 0 Å². The molecule has 1 unspecified atom stereocenters. The molecule has 0 saturated carbocycles. The van der Waals surface area contributed by atoms with E-state index in [9.17, 15) is 0 Å². The lowest BCUT2D eigenvalue weighted by atomic mass is 9.97. The summed E-state index contributed by atoms with van der Waals surface area (Å²) in [4.78, 5) is 0. The molecule has 0 aliphatic carbocycles. The average molecular weight is 308 g/mol. The lowest BCUT2D eigenvalue weighted by molar-refractivity contribution is 0.598. The fraction of sp³-hybridized carbons (Fsp3) is 0.294. The summed E-state index contributed by atoms with van der Waals surface area (Å²) in [5.74, 6) is 0. The Balaban J connectivity index is 2.41. The van der Waals surface area contributed by atoms with Gasteiger partial charge in [0, 0.05) is 10.0 Å². The Bertz CT molecular complexity index is 564. The van der Waals surface area contributed by atoms with E-state index in [2.05, 4.69) is 43.4 Å². The molecule has 1 N–H and O–H groups in total. The first-order chi connectivity index (χ1) is 9.61. The monoisotopic (exact) mass is 307 g/mol. The maximum absolute atomic E-state index is 6.35. The van der Waals surface area contributed by atoms with Crippen molar-refractivity contribution in [3.63, 3.8) is 0 Å². The minimum Gasteiger partial charge on any atom is -0.306 e. The van der Waals surface area contributed by atoms with E-state index in [1.807, 2.05) is 18.2 Å². The van der Waals surface area contributed by atoms with Crippen molar-refractivity contribution in [2.24, 2.45) is 0 Å². The molecule has 2 aromatic rings. The normalized spacial score (nSPS) is 12.4. The summed E-state index contributed by atoms with van der Waals surface area (Å²) in [6.07, 6.45) is 1.07. The molecule has 0 radical (unpaired) electrons. The number of nitrogens with one attached hydrogen (secondary N) is 1. The van der Waals surface area contributed by atoms with Crippen LogP contribution in [0.1, 0.15) is 36.1 Å². The molecule has 1 atom stereocenters. The summed E-state index contributed by atoms with van der Waals surface area (Å²) in [6.45, 7) is 5.17. The van der Waals surface area contributed by atoms with Crippen molar-refractivity contribution in [3.8, 4) is 0 Å². The summed E-state index contributed by atoms with van der Waals surface area (Å²) >= 11 is 12.5. The maximum atomic E-state index is 6.35. The highest BCUT2D eigenvalue weighted by Gasteiger charge is 2.16. The smallest absolute Gasteiger partial charge is 0.0592 e. The molecular formula is C17H19Cl2N. The fourth-order valence-electron chi connectivity index (χ4n) is 2.19. The van der Waals surface area contributed by atoms with Crippen LogP contribution in [0.15, 0.2) is 42.5 Å². The van der Waals surface area contributed by atoms with Crippen LogP contribution in [-0.2, 0) is 0 Å². The van der Waals surface area contributed by atoms with Gasteiger partial charge in [-0.3, -0.25) is 0 Å². The van der Waals surface area contributed by atoms with Crippen molar-refractivity contribution in [2.75, 3.05) is 6.54 Å². The van der Waals surface area contributed by atoms with E-state index in [0.717, 1.165) is 23.6 Å².